The summed E-state index contributed by atoms with van der Waals surface area (Å²) in [7, 11) is 0. The summed E-state index contributed by atoms with van der Waals surface area (Å²) in [6, 6.07) is 0. The van der Waals surface area contributed by atoms with Crippen molar-refractivity contribution in [2.75, 3.05) is 0 Å². The SMILES string of the molecule is CC(=O)OC1CCC2(C)C(CCC(=O)C2CCC2C(=O)CCC2(C)C)C1. The number of ketones is 2. The molecule has 4 nitrogen and oxygen atoms in total. The third-order valence-corrected chi connectivity index (χ3v) is 7.83. The van der Waals surface area contributed by atoms with Crippen molar-refractivity contribution in [2.24, 2.45) is 28.6 Å². The van der Waals surface area contributed by atoms with Gasteiger partial charge in [0, 0.05) is 31.6 Å². The molecule has 5 atom stereocenters. The van der Waals surface area contributed by atoms with E-state index in [1.807, 2.05) is 0 Å². The fourth-order valence-corrected chi connectivity index (χ4v) is 6.09. The Bertz CT molecular complexity index is 593. The number of hydrogen-bond acceptors (Lipinski definition) is 4. The standard InChI is InChI=1S/C22H34O4/c1-14(23)26-16-9-12-22(4)15(13-16)5-8-19(24)18(22)7-6-17-20(25)10-11-21(17,2)3/h15-18H,5-13H2,1-4H3. The number of rotatable bonds is 4. The van der Waals surface area contributed by atoms with Crippen LogP contribution < -0.4 is 0 Å². The maximum absolute atomic E-state index is 12.8. The monoisotopic (exact) mass is 362 g/mol. The van der Waals surface area contributed by atoms with Crippen LogP contribution in [0.1, 0.15) is 85.5 Å². The molecule has 0 bridgehead atoms. The number of carbonyl (C=O) groups is 3. The molecule has 146 valence electrons. The van der Waals surface area contributed by atoms with Gasteiger partial charge in [0.2, 0.25) is 0 Å². The summed E-state index contributed by atoms with van der Waals surface area (Å²) in [5.41, 5.74) is 0.0693. The third-order valence-electron chi connectivity index (χ3n) is 7.83. The number of esters is 1. The van der Waals surface area contributed by atoms with Gasteiger partial charge in [-0.15, -0.1) is 0 Å². The number of Topliss-reactive ketones (excluding diaryl/α,β-unsaturated/α-hetero) is 2. The lowest BCUT2D eigenvalue weighted by molar-refractivity contribution is -0.156. The zero-order valence-corrected chi connectivity index (χ0v) is 16.8. The Morgan fingerprint density at radius 1 is 1.00 bits per heavy atom. The van der Waals surface area contributed by atoms with Gasteiger partial charge in [-0.2, -0.15) is 0 Å². The Kier molecular flexibility index (Phi) is 5.33. The molecule has 3 saturated carbocycles. The van der Waals surface area contributed by atoms with E-state index in [2.05, 4.69) is 20.8 Å². The van der Waals surface area contributed by atoms with Crippen molar-refractivity contribution < 1.29 is 19.1 Å². The Morgan fingerprint density at radius 2 is 1.65 bits per heavy atom. The van der Waals surface area contributed by atoms with Crippen molar-refractivity contribution in [1.29, 1.82) is 0 Å². The van der Waals surface area contributed by atoms with Gasteiger partial charge in [-0.25, -0.2) is 0 Å². The first kappa shape index (κ1) is 19.6. The van der Waals surface area contributed by atoms with E-state index in [1.165, 1.54) is 6.92 Å². The highest BCUT2D eigenvalue weighted by atomic mass is 16.5. The number of ether oxygens (including phenoxy) is 1. The van der Waals surface area contributed by atoms with Gasteiger partial charge in [-0.05, 0) is 61.7 Å². The molecule has 0 amide bonds. The molecule has 0 aromatic rings. The van der Waals surface area contributed by atoms with Crippen molar-refractivity contribution in [3.05, 3.63) is 0 Å². The Labute approximate surface area is 157 Å². The molecule has 3 rings (SSSR count). The summed E-state index contributed by atoms with van der Waals surface area (Å²) >= 11 is 0. The molecule has 3 aliphatic rings. The fourth-order valence-electron chi connectivity index (χ4n) is 6.09. The highest BCUT2D eigenvalue weighted by Gasteiger charge is 2.51. The molecule has 0 aliphatic heterocycles. The van der Waals surface area contributed by atoms with Crippen LogP contribution in [-0.4, -0.2) is 23.6 Å². The number of fused-ring (bicyclic) bond motifs is 1. The molecule has 0 aromatic carbocycles. The second-order valence-electron chi connectivity index (χ2n) is 9.85. The summed E-state index contributed by atoms with van der Waals surface area (Å²) < 4.78 is 5.46. The Morgan fingerprint density at radius 3 is 2.27 bits per heavy atom. The smallest absolute Gasteiger partial charge is 0.302 e. The first-order valence-electron chi connectivity index (χ1n) is 10.4. The van der Waals surface area contributed by atoms with E-state index < -0.39 is 0 Å². The molecule has 4 heteroatoms. The zero-order chi connectivity index (χ0) is 19.1. The van der Waals surface area contributed by atoms with Gasteiger partial charge in [0.1, 0.15) is 17.7 Å². The molecule has 26 heavy (non-hydrogen) atoms. The largest absolute Gasteiger partial charge is 0.463 e. The lowest BCUT2D eigenvalue weighted by Gasteiger charge is -2.51. The summed E-state index contributed by atoms with van der Waals surface area (Å²) in [4.78, 5) is 36.4. The molecular weight excluding hydrogens is 328 g/mol. The van der Waals surface area contributed by atoms with Crippen LogP contribution in [0.15, 0.2) is 0 Å². The molecule has 3 aliphatic carbocycles. The third kappa shape index (κ3) is 3.61. The highest BCUT2D eigenvalue weighted by Crippen LogP contribution is 2.55. The average Bonchev–Trinajstić information content (AvgIpc) is 2.80. The van der Waals surface area contributed by atoms with Gasteiger partial charge < -0.3 is 4.74 Å². The molecular formula is C22H34O4. The van der Waals surface area contributed by atoms with E-state index in [1.54, 1.807) is 0 Å². The van der Waals surface area contributed by atoms with Crippen molar-refractivity contribution >= 4 is 17.5 Å². The molecule has 0 aromatic heterocycles. The number of hydrogen-bond donors (Lipinski definition) is 0. The van der Waals surface area contributed by atoms with E-state index in [-0.39, 0.29) is 34.7 Å². The van der Waals surface area contributed by atoms with E-state index in [9.17, 15) is 14.4 Å². The molecule has 3 fully saturated rings. The van der Waals surface area contributed by atoms with Crippen LogP contribution in [0, 0.1) is 28.6 Å². The van der Waals surface area contributed by atoms with Crippen molar-refractivity contribution in [3.63, 3.8) is 0 Å². The minimum atomic E-state index is -0.205. The van der Waals surface area contributed by atoms with Crippen LogP contribution in [0.2, 0.25) is 0 Å². The summed E-state index contributed by atoms with van der Waals surface area (Å²) in [5.74, 6) is 1.18. The molecule has 0 spiro atoms. The van der Waals surface area contributed by atoms with Gasteiger partial charge in [-0.1, -0.05) is 20.8 Å². The molecule has 0 saturated heterocycles. The second kappa shape index (κ2) is 7.09. The maximum Gasteiger partial charge on any atom is 0.302 e. The summed E-state index contributed by atoms with van der Waals surface area (Å²) in [6.07, 6.45) is 7.58. The van der Waals surface area contributed by atoms with E-state index in [0.717, 1.165) is 44.9 Å². The minimum Gasteiger partial charge on any atom is -0.463 e. The summed E-state index contributed by atoms with van der Waals surface area (Å²) in [5, 5.41) is 0. The zero-order valence-electron chi connectivity index (χ0n) is 16.8. The normalized spacial score (nSPS) is 39.5. The van der Waals surface area contributed by atoms with Crippen LogP contribution in [0.3, 0.4) is 0 Å². The number of carbonyl (C=O) groups excluding carboxylic acids is 3. The van der Waals surface area contributed by atoms with Gasteiger partial charge in [-0.3, -0.25) is 14.4 Å². The topological polar surface area (TPSA) is 60.4 Å². The Balaban J connectivity index is 1.69. The van der Waals surface area contributed by atoms with Crippen molar-refractivity contribution in [2.45, 2.75) is 91.6 Å². The quantitative estimate of drug-likeness (QED) is 0.691. The van der Waals surface area contributed by atoms with Gasteiger partial charge in [0.15, 0.2) is 0 Å². The van der Waals surface area contributed by atoms with Gasteiger partial charge in [0.05, 0.1) is 0 Å². The van der Waals surface area contributed by atoms with Gasteiger partial charge >= 0.3 is 5.97 Å². The van der Waals surface area contributed by atoms with Crippen molar-refractivity contribution in [1.82, 2.24) is 0 Å². The van der Waals surface area contributed by atoms with Crippen LogP contribution in [-0.2, 0) is 19.1 Å². The maximum atomic E-state index is 12.8. The minimum absolute atomic E-state index is 0.00221. The van der Waals surface area contributed by atoms with Crippen LogP contribution in [0.5, 0.6) is 0 Å². The second-order valence-corrected chi connectivity index (χ2v) is 9.85. The van der Waals surface area contributed by atoms with Crippen molar-refractivity contribution in [3.8, 4) is 0 Å². The lowest BCUT2D eigenvalue weighted by Crippen LogP contribution is -2.49. The predicted molar refractivity (Wildman–Crippen MR) is 99.5 cm³/mol. The molecule has 0 N–H and O–H groups in total. The van der Waals surface area contributed by atoms with Gasteiger partial charge in [0.25, 0.3) is 0 Å². The lowest BCUT2D eigenvalue weighted by atomic mass is 9.53. The van der Waals surface area contributed by atoms with Crippen LogP contribution in [0.25, 0.3) is 0 Å². The average molecular weight is 363 g/mol. The Hall–Kier alpha value is -1.19. The van der Waals surface area contributed by atoms with E-state index >= 15 is 0 Å². The highest BCUT2D eigenvalue weighted by molar-refractivity contribution is 5.85. The first-order chi connectivity index (χ1) is 12.1. The van der Waals surface area contributed by atoms with Crippen LogP contribution in [0.4, 0.5) is 0 Å². The predicted octanol–water partition coefficient (Wildman–Crippen LogP) is 4.49. The van der Waals surface area contributed by atoms with E-state index in [0.29, 0.717) is 30.3 Å². The molecule has 0 heterocycles. The fraction of sp³-hybridized carbons (Fsp3) is 0.864. The van der Waals surface area contributed by atoms with Crippen LogP contribution >= 0.6 is 0 Å². The van der Waals surface area contributed by atoms with E-state index in [4.69, 9.17) is 4.74 Å². The first-order valence-corrected chi connectivity index (χ1v) is 10.4. The molecule has 0 radical (unpaired) electrons. The summed E-state index contributed by atoms with van der Waals surface area (Å²) in [6.45, 7) is 8.13. The molecule has 5 unspecified atom stereocenters.